The van der Waals surface area contributed by atoms with Crippen LogP contribution in [-0.4, -0.2) is 36.9 Å². The fraction of sp³-hybridized carbons (Fsp3) is 0.462. The SMILES string of the molecule is C[C@@H]1CN(S(=O)(=O)Cc2ccc(F)c(Cl)c2)C[C@H]1C(=O)O. The molecule has 0 radical (unpaired) electrons. The first kappa shape index (κ1) is 16.2. The minimum atomic E-state index is -3.65. The van der Waals surface area contributed by atoms with Crippen LogP contribution in [0.15, 0.2) is 18.2 Å². The van der Waals surface area contributed by atoms with Crippen LogP contribution in [0.3, 0.4) is 0 Å². The Morgan fingerprint density at radius 1 is 1.48 bits per heavy atom. The van der Waals surface area contributed by atoms with Crippen molar-refractivity contribution in [3.05, 3.63) is 34.6 Å². The summed E-state index contributed by atoms with van der Waals surface area (Å²) in [4.78, 5) is 11.0. The van der Waals surface area contributed by atoms with E-state index in [9.17, 15) is 17.6 Å². The van der Waals surface area contributed by atoms with E-state index in [0.717, 1.165) is 6.07 Å². The van der Waals surface area contributed by atoms with Crippen LogP contribution in [0.5, 0.6) is 0 Å². The van der Waals surface area contributed by atoms with Crippen molar-refractivity contribution in [2.45, 2.75) is 12.7 Å². The lowest BCUT2D eigenvalue weighted by molar-refractivity contribution is -0.142. The van der Waals surface area contributed by atoms with Crippen LogP contribution in [0.1, 0.15) is 12.5 Å². The molecule has 1 fully saturated rings. The minimum absolute atomic E-state index is 0.0340. The number of benzene rings is 1. The van der Waals surface area contributed by atoms with Crippen LogP contribution in [0.2, 0.25) is 5.02 Å². The number of carboxylic acids is 1. The average molecular weight is 336 g/mol. The second-order valence-electron chi connectivity index (χ2n) is 5.24. The van der Waals surface area contributed by atoms with Crippen molar-refractivity contribution in [1.82, 2.24) is 4.31 Å². The molecule has 8 heteroatoms. The van der Waals surface area contributed by atoms with Gasteiger partial charge in [-0.1, -0.05) is 24.6 Å². The van der Waals surface area contributed by atoms with Gasteiger partial charge in [0, 0.05) is 13.1 Å². The van der Waals surface area contributed by atoms with Gasteiger partial charge in [-0.2, -0.15) is 0 Å². The van der Waals surface area contributed by atoms with E-state index in [1.54, 1.807) is 6.92 Å². The standard InChI is InChI=1S/C13H15ClFNO4S/c1-8-5-16(6-10(8)13(17)18)21(19,20)7-9-2-3-12(15)11(14)4-9/h2-4,8,10H,5-7H2,1H3,(H,17,18)/t8-,10-/m1/s1. The van der Waals surface area contributed by atoms with Crippen molar-refractivity contribution in [2.24, 2.45) is 11.8 Å². The lowest BCUT2D eigenvalue weighted by Gasteiger charge is -2.16. The summed E-state index contributed by atoms with van der Waals surface area (Å²) in [7, 11) is -3.65. The zero-order valence-corrected chi connectivity index (χ0v) is 12.9. The van der Waals surface area contributed by atoms with Crippen LogP contribution < -0.4 is 0 Å². The summed E-state index contributed by atoms with van der Waals surface area (Å²) in [6.07, 6.45) is 0. The topological polar surface area (TPSA) is 74.7 Å². The monoisotopic (exact) mass is 335 g/mol. The molecule has 116 valence electrons. The number of sulfonamides is 1. The molecule has 1 aromatic rings. The van der Waals surface area contributed by atoms with Gasteiger partial charge in [0.05, 0.1) is 16.7 Å². The third-order valence-corrected chi connectivity index (χ3v) is 5.70. The van der Waals surface area contributed by atoms with Crippen molar-refractivity contribution in [2.75, 3.05) is 13.1 Å². The summed E-state index contributed by atoms with van der Waals surface area (Å²) < 4.78 is 38.9. The summed E-state index contributed by atoms with van der Waals surface area (Å²) in [5, 5.41) is 8.91. The molecular weight excluding hydrogens is 321 g/mol. The predicted molar refractivity (Wildman–Crippen MR) is 75.9 cm³/mol. The van der Waals surface area contributed by atoms with Gasteiger partial charge in [0.15, 0.2) is 0 Å². The number of halogens is 2. The Labute approximate surface area is 127 Å². The third-order valence-electron chi connectivity index (χ3n) is 3.62. The van der Waals surface area contributed by atoms with Gasteiger partial charge in [-0.3, -0.25) is 4.79 Å². The van der Waals surface area contributed by atoms with Crippen LogP contribution in [0.4, 0.5) is 4.39 Å². The van der Waals surface area contributed by atoms with Gasteiger partial charge < -0.3 is 5.11 Å². The number of carbonyl (C=O) groups is 1. The maximum atomic E-state index is 13.1. The second-order valence-corrected chi connectivity index (χ2v) is 7.62. The molecule has 1 aliphatic rings. The summed E-state index contributed by atoms with van der Waals surface area (Å²) >= 11 is 5.63. The number of hydrogen-bond donors (Lipinski definition) is 1. The quantitative estimate of drug-likeness (QED) is 0.912. The van der Waals surface area contributed by atoms with Crippen molar-refractivity contribution in [1.29, 1.82) is 0 Å². The van der Waals surface area contributed by atoms with Gasteiger partial charge in [-0.05, 0) is 23.6 Å². The van der Waals surface area contributed by atoms with E-state index in [2.05, 4.69) is 0 Å². The molecule has 2 atom stereocenters. The maximum absolute atomic E-state index is 13.1. The molecule has 2 rings (SSSR count). The van der Waals surface area contributed by atoms with E-state index >= 15 is 0 Å². The Bertz CT molecular complexity index is 664. The lowest BCUT2D eigenvalue weighted by atomic mass is 9.99. The van der Waals surface area contributed by atoms with Crippen molar-refractivity contribution < 1.29 is 22.7 Å². The van der Waals surface area contributed by atoms with Gasteiger partial charge >= 0.3 is 5.97 Å². The van der Waals surface area contributed by atoms with E-state index in [1.165, 1.54) is 16.4 Å². The Kier molecular flexibility index (Phi) is 4.55. The average Bonchev–Trinajstić information content (AvgIpc) is 2.77. The molecule has 0 saturated carbocycles. The van der Waals surface area contributed by atoms with E-state index in [0.29, 0.717) is 5.56 Å². The molecule has 1 aromatic carbocycles. The van der Waals surface area contributed by atoms with Gasteiger partial charge in [-0.15, -0.1) is 0 Å². The van der Waals surface area contributed by atoms with E-state index < -0.39 is 27.7 Å². The smallest absolute Gasteiger partial charge is 0.308 e. The molecular formula is C13H15ClFNO4S. The molecule has 1 N–H and O–H groups in total. The highest BCUT2D eigenvalue weighted by molar-refractivity contribution is 7.88. The first-order chi connectivity index (χ1) is 9.70. The van der Waals surface area contributed by atoms with Crippen LogP contribution in [0.25, 0.3) is 0 Å². The Morgan fingerprint density at radius 3 is 2.67 bits per heavy atom. The van der Waals surface area contributed by atoms with Gasteiger partial charge in [0.2, 0.25) is 10.0 Å². The highest BCUT2D eigenvalue weighted by atomic mass is 35.5. The molecule has 1 aliphatic heterocycles. The van der Waals surface area contributed by atoms with E-state index in [1.807, 2.05) is 0 Å². The second kappa shape index (κ2) is 5.90. The Hall–Kier alpha value is -1.18. The van der Waals surface area contributed by atoms with E-state index in [-0.39, 0.29) is 29.8 Å². The van der Waals surface area contributed by atoms with Crippen molar-refractivity contribution in [3.63, 3.8) is 0 Å². The Morgan fingerprint density at radius 2 is 2.14 bits per heavy atom. The third kappa shape index (κ3) is 3.53. The molecule has 1 heterocycles. The van der Waals surface area contributed by atoms with Crippen molar-refractivity contribution in [3.8, 4) is 0 Å². The maximum Gasteiger partial charge on any atom is 0.308 e. The summed E-state index contributed by atoms with van der Waals surface area (Å²) in [5.41, 5.74) is 0.368. The molecule has 0 aliphatic carbocycles. The Balaban J connectivity index is 2.16. The number of nitrogens with zero attached hydrogens (tertiary/aromatic N) is 1. The van der Waals surface area contributed by atoms with Crippen LogP contribution in [-0.2, 0) is 20.6 Å². The summed E-state index contributed by atoms with van der Waals surface area (Å²) in [6.45, 7) is 1.85. The number of rotatable bonds is 4. The zero-order chi connectivity index (χ0) is 15.8. The minimum Gasteiger partial charge on any atom is -0.481 e. The van der Waals surface area contributed by atoms with Crippen LogP contribution in [0, 0.1) is 17.7 Å². The van der Waals surface area contributed by atoms with E-state index in [4.69, 9.17) is 16.7 Å². The molecule has 0 aromatic heterocycles. The van der Waals surface area contributed by atoms with Crippen molar-refractivity contribution >= 4 is 27.6 Å². The molecule has 0 amide bonds. The number of hydrogen-bond acceptors (Lipinski definition) is 3. The fourth-order valence-corrected chi connectivity index (χ4v) is 4.24. The van der Waals surface area contributed by atoms with Gasteiger partial charge in [0.25, 0.3) is 0 Å². The summed E-state index contributed by atoms with van der Waals surface area (Å²) in [6, 6.07) is 3.73. The predicted octanol–water partition coefficient (Wildman–Crippen LogP) is 1.96. The zero-order valence-electron chi connectivity index (χ0n) is 11.3. The molecule has 5 nitrogen and oxygen atoms in total. The molecule has 21 heavy (non-hydrogen) atoms. The highest BCUT2D eigenvalue weighted by Gasteiger charge is 2.40. The van der Waals surface area contributed by atoms with Gasteiger partial charge in [-0.25, -0.2) is 17.1 Å². The van der Waals surface area contributed by atoms with Gasteiger partial charge in [0.1, 0.15) is 5.82 Å². The number of carboxylic acid groups (broad SMARTS) is 1. The molecule has 0 unspecified atom stereocenters. The fourth-order valence-electron chi connectivity index (χ4n) is 2.40. The highest BCUT2D eigenvalue weighted by Crippen LogP contribution is 2.27. The molecule has 1 saturated heterocycles. The molecule has 0 spiro atoms. The first-order valence-electron chi connectivity index (χ1n) is 6.35. The first-order valence-corrected chi connectivity index (χ1v) is 8.34. The normalized spacial score (nSPS) is 23.4. The summed E-state index contributed by atoms with van der Waals surface area (Å²) in [5.74, 6) is -2.87. The molecule has 0 bridgehead atoms. The van der Waals surface area contributed by atoms with Crippen LogP contribution >= 0.6 is 11.6 Å². The largest absolute Gasteiger partial charge is 0.481 e. The number of aliphatic carboxylic acids is 1. The lowest BCUT2D eigenvalue weighted by Crippen LogP contribution is -2.31.